The van der Waals surface area contributed by atoms with Crippen molar-refractivity contribution in [2.75, 3.05) is 24.3 Å². The van der Waals surface area contributed by atoms with Gasteiger partial charge in [-0.05, 0) is 30.3 Å². The van der Waals surface area contributed by atoms with Gasteiger partial charge in [-0.2, -0.15) is 5.26 Å². The Morgan fingerprint density at radius 1 is 1.28 bits per heavy atom. The van der Waals surface area contributed by atoms with Crippen LogP contribution in [0.3, 0.4) is 0 Å². The lowest BCUT2D eigenvalue weighted by molar-refractivity contribution is 0.142. The highest BCUT2D eigenvalue weighted by atomic mass is 16.5. The van der Waals surface area contributed by atoms with Crippen molar-refractivity contribution in [3.8, 4) is 11.8 Å². The minimum Gasteiger partial charge on any atom is -0.486 e. The molecule has 1 aliphatic heterocycles. The number of H-pyrrole nitrogens is 1. The molecular weight excluding hydrogens is 366 g/mol. The summed E-state index contributed by atoms with van der Waals surface area (Å²) in [6.45, 7) is 1.26. The van der Waals surface area contributed by atoms with Crippen LogP contribution in [0.5, 0.6) is 5.75 Å². The fraction of sp³-hybridized carbons (Fsp3) is 0.182. The fourth-order valence-electron chi connectivity index (χ4n) is 3.62. The van der Waals surface area contributed by atoms with Gasteiger partial charge in [0.25, 0.3) is 0 Å². The molecule has 1 fully saturated rings. The number of pyridine rings is 1. The Balaban J connectivity index is 1.57. The fourth-order valence-corrected chi connectivity index (χ4v) is 3.62. The van der Waals surface area contributed by atoms with Gasteiger partial charge in [-0.25, -0.2) is 0 Å². The number of hydrogen-bond acceptors (Lipinski definition) is 6. The molecule has 0 bridgehead atoms. The summed E-state index contributed by atoms with van der Waals surface area (Å²) < 4.78 is 11.4. The van der Waals surface area contributed by atoms with E-state index in [9.17, 15) is 5.26 Å². The Morgan fingerprint density at radius 2 is 2.21 bits per heavy atom. The molecule has 0 amide bonds. The van der Waals surface area contributed by atoms with Crippen molar-refractivity contribution in [3.05, 3.63) is 54.4 Å². The summed E-state index contributed by atoms with van der Waals surface area (Å²) >= 11 is 0. The maximum atomic E-state index is 9.60. The van der Waals surface area contributed by atoms with E-state index < -0.39 is 0 Å². The van der Waals surface area contributed by atoms with Crippen LogP contribution in [0.1, 0.15) is 12.0 Å². The van der Waals surface area contributed by atoms with Gasteiger partial charge in [-0.1, -0.05) is 0 Å². The zero-order valence-corrected chi connectivity index (χ0v) is 15.6. The van der Waals surface area contributed by atoms with Gasteiger partial charge in [0.15, 0.2) is 0 Å². The van der Waals surface area contributed by atoms with Crippen LogP contribution in [0.2, 0.25) is 0 Å². The summed E-state index contributed by atoms with van der Waals surface area (Å²) in [6, 6.07) is 13.8. The summed E-state index contributed by atoms with van der Waals surface area (Å²) in [7, 11) is 0. The molecule has 3 heterocycles. The number of nitrogens with two attached hydrogens (primary N) is 1. The number of rotatable bonds is 4. The topological polar surface area (TPSA) is 109 Å². The third kappa shape index (κ3) is 3.20. The maximum Gasteiger partial charge on any atom is 0.144 e. The van der Waals surface area contributed by atoms with Gasteiger partial charge >= 0.3 is 0 Å². The quantitative estimate of drug-likeness (QED) is 0.457. The largest absolute Gasteiger partial charge is 0.486 e. The van der Waals surface area contributed by atoms with Crippen LogP contribution in [0, 0.1) is 11.3 Å². The molecule has 29 heavy (non-hydrogen) atoms. The molecule has 1 atom stereocenters. The van der Waals surface area contributed by atoms with Crippen LogP contribution in [-0.2, 0) is 4.74 Å². The Kier molecular flexibility index (Phi) is 4.19. The summed E-state index contributed by atoms with van der Waals surface area (Å²) in [4.78, 5) is 7.61. The molecule has 1 saturated heterocycles. The lowest BCUT2D eigenvalue weighted by atomic mass is 10.1. The van der Waals surface area contributed by atoms with E-state index in [2.05, 4.69) is 21.4 Å². The number of aromatic amines is 1. The average molecular weight is 385 g/mol. The van der Waals surface area contributed by atoms with Gasteiger partial charge in [0.2, 0.25) is 0 Å². The van der Waals surface area contributed by atoms with E-state index in [0.717, 1.165) is 28.4 Å². The summed E-state index contributed by atoms with van der Waals surface area (Å²) in [6.07, 6.45) is 4.30. The van der Waals surface area contributed by atoms with Gasteiger partial charge in [0.05, 0.1) is 35.7 Å². The van der Waals surface area contributed by atoms with Crippen molar-refractivity contribution in [1.29, 1.82) is 5.26 Å². The number of nitrogen functional groups attached to an aromatic ring is 1. The number of nitrogens with zero attached hydrogens (tertiary/aromatic N) is 2. The lowest BCUT2D eigenvalue weighted by Gasteiger charge is -2.16. The number of hydrogen-bond donors (Lipinski definition) is 3. The SMILES string of the molecule is N#Cc1cnc2cc(OC3CCOC3)c(N)cc2c1Nc1ccc2[nH]ccc2c1. The van der Waals surface area contributed by atoms with E-state index in [0.29, 0.717) is 41.4 Å². The molecule has 4 N–H and O–H groups in total. The third-order valence-electron chi connectivity index (χ3n) is 5.12. The monoisotopic (exact) mass is 385 g/mol. The van der Waals surface area contributed by atoms with Crippen molar-refractivity contribution >= 4 is 38.9 Å². The highest BCUT2D eigenvalue weighted by Gasteiger charge is 2.19. The van der Waals surface area contributed by atoms with E-state index in [4.69, 9.17) is 15.2 Å². The Hall–Kier alpha value is -3.76. The first-order chi connectivity index (χ1) is 14.2. The van der Waals surface area contributed by atoms with Crippen LogP contribution in [0.4, 0.5) is 17.1 Å². The average Bonchev–Trinajstić information content (AvgIpc) is 3.40. The molecule has 5 rings (SSSR count). The zero-order chi connectivity index (χ0) is 19.8. The second kappa shape index (κ2) is 7.00. The summed E-state index contributed by atoms with van der Waals surface area (Å²) in [5.41, 5.74) is 10.5. The van der Waals surface area contributed by atoms with Crippen molar-refractivity contribution in [2.45, 2.75) is 12.5 Å². The summed E-state index contributed by atoms with van der Waals surface area (Å²) in [5, 5.41) is 14.8. The molecule has 2 aromatic carbocycles. The number of fused-ring (bicyclic) bond motifs is 2. The van der Waals surface area contributed by atoms with E-state index >= 15 is 0 Å². The highest BCUT2D eigenvalue weighted by molar-refractivity contribution is 5.99. The van der Waals surface area contributed by atoms with E-state index in [1.165, 1.54) is 0 Å². The minimum absolute atomic E-state index is 0.00111. The van der Waals surface area contributed by atoms with Crippen LogP contribution in [-0.4, -0.2) is 29.3 Å². The lowest BCUT2D eigenvalue weighted by Crippen LogP contribution is -2.16. The third-order valence-corrected chi connectivity index (χ3v) is 5.12. The molecular formula is C22H19N5O2. The van der Waals surface area contributed by atoms with E-state index in [1.54, 1.807) is 6.20 Å². The van der Waals surface area contributed by atoms with Gasteiger partial charge in [0.1, 0.15) is 17.9 Å². The number of nitriles is 1. The van der Waals surface area contributed by atoms with Crippen LogP contribution < -0.4 is 15.8 Å². The zero-order valence-electron chi connectivity index (χ0n) is 15.6. The van der Waals surface area contributed by atoms with E-state index in [-0.39, 0.29) is 6.10 Å². The molecule has 4 aromatic rings. The Morgan fingerprint density at radius 3 is 3.03 bits per heavy atom. The van der Waals surface area contributed by atoms with Gasteiger partial charge < -0.3 is 25.5 Å². The molecule has 0 aliphatic carbocycles. The molecule has 0 radical (unpaired) electrons. The van der Waals surface area contributed by atoms with Gasteiger partial charge in [-0.15, -0.1) is 0 Å². The smallest absolute Gasteiger partial charge is 0.144 e. The number of ether oxygens (including phenoxy) is 2. The minimum atomic E-state index is -0.00111. The highest BCUT2D eigenvalue weighted by Crippen LogP contribution is 2.35. The van der Waals surface area contributed by atoms with Crippen LogP contribution in [0.15, 0.2) is 48.8 Å². The van der Waals surface area contributed by atoms with E-state index in [1.807, 2.05) is 42.6 Å². The second-order valence-corrected chi connectivity index (χ2v) is 7.07. The summed E-state index contributed by atoms with van der Waals surface area (Å²) in [5.74, 6) is 0.588. The van der Waals surface area contributed by atoms with Crippen LogP contribution >= 0.6 is 0 Å². The van der Waals surface area contributed by atoms with Gasteiger partial charge in [0, 0.05) is 46.9 Å². The number of anilines is 3. The van der Waals surface area contributed by atoms with Gasteiger partial charge in [-0.3, -0.25) is 4.98 Å². The van der Waals surface area contributed by atoms with Crippen molar-refractivity contribution in [2.24, 2.45) is 0 Å². The number of nitrogens with one attached hydrogen (secondary N) is 2. The first-order valence-electron chi connectivity index (χ1n) is 9.42. The maximum absolute atomic E-state index is 9.60. The van der Waals surface area contributed by atoms with Crippen molar-refractivity contribution in [3.63, 3.8) is 0 Å². The Bertz CT molecular complexity index is 1250. The predicted molar refractivity (Wildman–Crippen MR) is 112 cm³/mol. The molecule has 144 valence electrons. The number of aromatic nitrogens is 2. The Labute approximate surface area is 167 Å². The van der Waals surface area contributed by atoms with Crippen molar-refractivity contribution < 1.29 is 9.47 Å². The first kappa shape index (κ1) is 17.3. The normalized spacial score (nSPS) is 16.2. The van der Waals surface area contributed by atoms with Crippen molar-refractivity contribution in [1.82, 2.24) is 9.97 Å². The predicted octanol–water partition coefficient (Wildman–Crippen LogP) is 4.08. The molecule has 7 nitrogen and oxygen atoms in total. The van der Waals surface area contributed by atoms with Crippen LogP contribution in [0.25, 0.3) is 21.8 Å². The molecule has 2 aromatic heterocycles. The molecule has 0 spiro atoms. The molecule has 1 aliphatic rings. The molecule has 0 saturated carbocycles. The second-order valence-electron chi connectivity index (χ2n) is 7.07. The standard InChI is InChI=1S/C22H19N5O2/c23-10-14-11-26-20-9-21(29-16-4-6-28-12-16)18(24)8-17(20)22(14)27-15-1-2-19-13(7-15)3-5-25-19/h1-3,5,7-9,11,16,25H,4,6,12,24H2,(H,26,27). The molecule has 1 unspecified atom stereocenters. The number of benzene rings is 2. The molecule has 7 heteroatoms. The first-order valence-corrected chi connectivity index (χ1v) is 9.42.